The van der Waals surface area contributed by atoms with Crippen LogP contribution in [0.4, 0.5) is 13.2 Å². The molecule has 0 fully saturated rings. The molecule has 0 bridgehead atoms. The van der Waals surface area contributed by atoms with Crippen LogP contribution >= 0.6 is 11.6 Å². The Labute approximate surface area is 110 Å². The van der Waals surface area contributed by atoms with Crippen molar-refractivity contribution in [1.29, 1.82) is 0 Å². The van der Waals surface area contributed by atoms with Crippen molar-refractivity contribution in [3.05, 3.63) is 27.5 Å². The van der Waals surface area contributed by atoms with Crippen molar-refractivity contribution in [3.63, 3.8) is 0 Å². The van der Waals surface area contributed by atoms with Gasteiger partial charge in [0, 0.05) is 6.20 Å². The monoisotopic (exact) mass is 299 g/mol. The zero-order valence-electron chi connectivity index (χ0n) is 9.64. The molecular weight excluding hydrogens is 291 g/mol. The molecule has 0 aromatic carbocycles. The van der Waals surface area contributed by atoms with Crippen LogP contribution in [0.25, 0.3) is 0 Å². The van der Waals surface area contributed by atoms with E-state index >= 15 is 0 Å². The lowest BCUT2D eigenvalue weighted by Crippen LogP contribution is -2.25. The number of pyridine rings is 1. The molecule has 0 aliphatic rings. The third-order valence-corrected chi connectivity index (χ3v) is 2.25. The minimum absolute atomic E-state index is 0.0231. The Balaban J connectivity index is 3.23. The molecule has 1 N–H and O–H groups in total. The molecule has 9 heteroatoms. The van der Waals surface area contributed by atoms with Crippen LogP contribution in [0.1, 0.15) is 22.8 Å². The van der Waals surface area contributed by atoms with Gasteiger partial charge in [-0.2, -0.15) is 0 Å². The van der Waals surface area contributed by atoms with Gasteiger partial charge in [0.2, 0.25) is 11.3 Å². The Kier molecular flexibility index (Phi) is 4.82. The average Bonchev–Trinajstić information content (AvgIpc) is 2.27. The van der Waals surface area contributed by atoms with Gasteiger partial charge >= 0.3 is 12.3 Å². The van der Waals surface area contributed by atoms with Crippen molar-refractivity contribution in [2.24, 2.45) is 0 Å². The minimum Gasteiger partial charge on any atom is -0.462 e. The summed E-state index contributed by atoms with van der Waals surface area (Å²) in [7, 11) is 0. The molecule has 0 aliphatic heterocycles. The number of carbonyl (C=O) groups is 1. The highest BCUT2D eigenvalue weighted by Gasteiger charge is 2.33. The molecule has 0 amide bonds. The maximum absolute atomic E-state index is 12.1. The van der Waals surface area contributed by atoms with Gasteiger partial charge in [-0.15, -0.1) is 24.8 Å². The zero-order chi connectivity index (χ0) is 14.6. The summed E-state index contributed by atoms with van der Waals surface area (Å²) in [6.07, 6.45) is -4.19. The summed E-state index contributed by atoms with van der Waals surface area (Å²) in [5.74, 6) is -2.34. The third-order valence-electron chi connectivity index (χ3n) is 1.99. The first-order valence-corrected chi connectivity index (χ1v) is 5.57. The highest BCUT2D eigenvalue weighted by atomic mass is 35.5. The number of rotatable bonds is 4. The average molecular weight is 300 g/mol. The summed E-state index contributed by atoms with van der Waals surface area (Å²) in [6, 6.07) is 0. The van der Waals surface area contributed by atoms with E-state index in [4.69, 9.17) is 11.6 Å². The summed E-state index contributed by atoms with van der Waals surface area (Å²) in [5.41, 5.74) is -1.90. The molecule has 1 heterocycles. The van der Waals surface area contributed by atoms with E-state index in [0.717, 1.165) is 6.20 Å². The first kappa shape index (κ1) is 15.4. The number of nitrogens with one attached hydrogen (secondary N) is 1. The lowest BCUT2D eigenvalue weighted by atomic mass is 10.2. The molecule has 1 aromatic rings. The van der Waals surface area contributed by atoms with Crippen LogP contribution in [0, 0.1) is 0 Å². The molecule has 1 rings (SSSR count). The number of halogens is 4. The van der Waals surface area contributed by atoms with Gasteiger partial charge in [0.15, 0.2) is 0 Å². The van der Waals surface area contributed by atoms with Crippen molar-refractivity contribution in [2.75, 3.05) is 6.61 Å². The molecule has 0 unspecified atom stereocenters. The minimum atomic E-state index is -4.98. The van der Waals surface area contributed by atoms with Crippen LogP contribution < -0.4 is 10.2 Å². The quantitative estimate of drug-likeness (QED) is 0.683. The summed E-state index contributed by atoms with van der Waals surface area (Å²) in [5, 5.41) is 0. The smallest absolute Gasteiger partial charge is 0.462 e. The van der Waals surface area contributed by atoms with Crippen LogP contribution in [0.5, 0.6) is 5.88 Å². The van der Waals surface area contributed by atoms with Crippen molar-refractivity contribution >= 4 is 17.6 Å². The van der Waals surface area contributed by atoms with Crippen molar-refractivity contribution < 1.29 is 27.4 Å². The lowest BCUT2D eigenvalue weighted by Gasteiger charge is -2.12. The van der Waals surface area contributed by atoms with Crippen LogP contribution in [-0.4, -0.2) is 23.9 Å². The molecule has 0 spiro atoms. The van der Waals surface area contributed by atoms with E-state index in [2.05, 4.69) is 14.5 Å². The normalized spacial score (nSPS) is 11.2. The van der Waals surface area contributed by atoms with E-state index in [1.54, 1.807) is 0 Å². The van der Waals surface area contributed by atoms with E-state index in [0.29, 0.717) is 0 Å². The van der Waals surface area contributed by atoms with Crippen LogP contribution in [-0.2, 0) is 10.6 Å². The largest absolute Gasteiger partial charge is 0.574 e. The van der Waals surface area contributed by atoms with Crippen LogP contribution in [0.15, 0.2) is 11.0 Å². The number of hydrogen-bond donors (Lipinski definition) is 1. The van der Waals surface area contributed by atoms with Gasteiger partial charge in [-0.3, -0.25) is 4.79 Å². The lowest BCUT2D eigenvalue weighted by molar-refractivity contribution is -0.276. The van der Waals surface area contributed by atoms with E-state index in [1.807, 2.05) is 0 Å². The molecule has 0 saturated carbocycles. The first-order chi connectivity index (χ1) is 8.80. The van der Waals surface area contributed by atoms with Crippen LogP contribution in [0.3, 0.4) is 0 Å². The fraction of sp³-hybridized carbons (Fsp3) is 0.400. The maximum atomic E-state index is 12.1. The zero-order valence-corrected chi connectivity index (χ0v) is 10.4. The Morgan fingerprint density at radius 3 is 2.58 bits per heavy atom. The molecule has 0 saturated heterocycles. The molecule has 19 heavy (non-hydrogen) atoms. The van der Waals surface area contributed by atoms with Crippen molar-refractivity contribution in [2.45, 2.75) is 19.2 Å². The molecule has 1 aromatic heterocycles. The third kappa shape index (κ3) is 3.88. The van der Waals surface area contributed by atoms with Gasteiger partial charge in [-0.1, -0.05) is 0 Å². The van der Waals surface area contributed by atoms with Gasteiger partial charge in [0.1, 0.15) is 5.56 Å². The molecule has 106 valence electrons. The number of aromatic amines is 1. The van der Waals surface area contributed by atoms with Crippen molar-refractivity contribution in [1.82, 2.24) is 4.98 Å². The predicted molar refractivity (Wildman–Crippen MR) is 59.3 cm³/mol. The number of ether oxygens (including phenoxy) is 2. The highest BCUT2D eigenvalue weighted by molar-refractivity contribution is 6.17. The second-order valence-electron chi connectivity index (χ2n) is 3.24. The van der Waals surface area contributed by atoms with E-state index < -0.39 is 40.6 Å². The number of esters is 1. The highest BCUT2D eigenvalue weighted by Crippen LogP contribution is 2.23. The van der Waals surface area contributed by atoms with Gasteiger partial charge in [-0.05, 0) is 6.92 Å². The van der Waals surface area contributed by atoms with Gasteiger partial charge in [0.25, 0.3) is 0 Å². The fourth-order valence-electron chi connectivity index (χ4n) is 1.24. The maximum Gasteiger partial charge on any atom is 0.574 e. The summed E-state index contributed by atoms with van der Waals surface area (Å²) < 4.78 is 44.5. The number of aromatic nitrogens is 1. The Morgan fingerprint density at radius 1 is 1.47 bits per heavy atom. The van der Waals surface area contributed by atoms with E-state index in [1.165, 1.54) is 6.92 Å². The second kappa shape index (κ2) is 5.96. The topological polar surface area (TPSA) is 68.4 Å². The second-order valence-corrected chi connectivity index (χ2v) is 3.51. The molecule has 5 nitrogen and oxygen atoms in total. The Bertz CT molecular complexity index is 526. The Hall–Kier alpha value is -1.70. The molecule has 0 aliphatic carbocycles. The van der Waals surface area contributed by atoms with Gasteiger partial charge in [0.05, 0.1) is 18.1 Å². The summed E-state index contributed by atoms with van der Waals surface area (Å²) in [4.78, 5) is 25.2. The summed E-state index contributed by atoms with van der Waals surface area (Å²) >= 11 is 5.40. The number of hydrogen-bond acceptors (Lipinski definition) is 4. The first-order valence-electron chi connectivity index (χ1n) is 5.03. The molecule has 0 radical (unpaired) electrons. The van der Waals surface area contributed by atoms with E-state index in [-0.39, 0.29) is 6.61 Å². The fourth-order valence-corrected chi connectivity index (χ4v) is 1.49. The standard InChI is InChI=1S/C10H9ClF3NO4/c1-2-18-9(17)6-4-15-8(19-10(12,13)14)5(3-11)7(6)16/h4H,2-3H2,1H3,(H,15,16). The predicted octanol–water partition coefficient (Wildman–Crippen LogP) is 2.19. The summed E-state index contributed by atoms with van der Waals surface area (Å²) in [6.45, 7) is 1.55. The molecular formula is C10H9ClF3NO4. The van der Waals surface area contributed by atoms with E-state index in [9.17, 15) is 22.8 Å². The number of carbonyl (C=O) groups excluding carboxylic acids is 1. The number of alkyl halides is 4. The van der Waals surface area contributed by atoms with Crippen molar-refractivity contribution in [3.8, 4) is 5.88 Å². The van der Waals surface area contributed by atoms with Gasteiger partial charge < -0.3 is 14.5 Å². The Morgan fingerprint density at radius 2 is 2.11 bits per heavy atom. The van der Waals surface area contributed by atoms with Gasteiger partial charge in [-0.25, -0.2) is 4.79 Å². The molecule has 0 atom stereocenters. The SMILES string of the molecule is CCOC(=O)c1c[nH]c(OC(F)(F)F)c(CCl)c1=O. The van der Waals surface area contributed by atoms with Crippen LogP contribution in [0.2, 0.25) is 0 Å². The number of H-pyrrole nitrogens is 1.